The molecule has 0 aliphatic rings. The Bertz CT molecular complexity index is 967. The van der Waals surface area contributed by atoms with Crippen LogP contribution in [0.25, 0.3) is 15.6 Å². The molecule has 0 spiro atoms. The van der Waals surface area contributed by atoms with E-state index < -0.39 is 0 Å². The largest absolute Gasteiger partial charge is 0.638 e. The van der Waals surface area contributed by atoms with Crippen LogP contribution in [0, 0.1) is 0 Å². The van der Waals surface area contributed by atoms with Crippen molar-refractivity contribution in [3.63, 3.8) is 0 Å². The maximum absolute atomic E-state index is 5.38. The number of hydrogen-bond acceptors (Lipinski definition) is 4. The molecule has 2 radical (unpaired) electrons. The Morgan fingerprint density at radius 2 is 1.68 bits per heavy atom. The normalized spacial score (nSPS) is 10.7. The third kappa shape index (κ3) is 3.52. The van der Waals surface area contributed by atoms with Gasteiger partial charge in [-0.05, 0) is 11.6 Å². The van der Waals surface area contributed by atoms with Crippen molar-refractivity contribution < 1.29 is 3.79 Å². The van der Waals surface area contributed by atoms with Gasteiger partial charge in [-0.3, -0.25) is 0 Å². The van der Waals surface area contributed by atoms with E-state index in [1.54, 1.807) is 11.3 Å². The van der Waals surface area contributed by atoms with Crippen molar-refractivity contribution >= 4 is 28.0 Å². The smallest absolute Gasteiger partial charge is 0.483 e. The first-order valence-corrected chi connectivity index (χ1v) is 9.14. The number of hydrogen-bond donors (Lipinski definition) is 0. The fourth-order valence-corrected chi connectivity index (χ4v) is 3.79. The minimum atomic E-state index is 0.559. The van der Waals surface area contributed by atoms with Crippen LogP contribution in [0.1, 0.15) is 11.3 Å². The van der Waals surface area contributed by atoms with E-state index in [0.29, 0.717) is 5.88 Å². The predicted octanol–water partition coefficient (Wildman–Crippen LogP) is 4.05. The summed E-state index contributed by atoms with van der Waals surface area (Å²) in [5.74, 6) is 0.559. The molecule has 0 fully saturated rings. The Labute approximate surface area is 158 Å². The lowest BCUT2D eigenvalue weighted by molar-refractivity contribution is 0.585. The van der Waals surface area contributed by atoms with Gasteiger partial charge in [-0.25, -0.2) is 9.67 Å². The Morgan fingerprint density at radius 1 is 0.960 bits per heavy atom. The van der Waals surface area contributed by atoms with Crippen LogP contribution >= 0.6 is 11.3 Å². The van der Waals surface area contributed by atoms with Gasteiger partial charge in [-0.2, -0.15) is 5.10 Å². The number of benzene rings is 2. The number of nitrogens with zero attached hydrogens (tertiary/aromatic N) is 3. The van der Waals surface area contributed by atoms with E-state index in [0.717, 1.165) is 27.7 Å². The number of aromatic nitrogens is 3. The molecular formula is C19H14AlN3OS. The molecular weight excluding hydrogens is 345 g/mol. The molecule has 0 unspecified atom stereocenters. The molecule has 0 aliphatic heterocycles. The minimum absolute atomic E-state index is 0.559. The van der Waals surface area contributed by atoms with Gasteiger partial charge in [-0.15, -0.1) is 0 Å². The van der Waals surface area contributed by atoms with Gasteiger partial charge in [0.05, 0.1) is 5.69 Å². The highest BCUT2D eigenvalue weighted by Gasteiger charge is 2.15. The molecule has 0 aliphatic carbocycles. The van der Waals surface area contributed by atoms with E-state index in [9.17, 15) is 0 Å². The molecule has 4 aromatic rings. The van der Waals surface area contributed by atoms with Crippen LogP contribution in [0.3, 0.4) is 0 Å². The summed E-state index contributed by atoms with van der Waals surface area (Å²) in [6.45, 7) is 0. The van der Waals surface area contributed by atoms with Crippen molar-refractivity contribution in [2.45, 2.75) is 6.42 Å². The zero-order valence-electron chi connectivity index (χ0n) is 13.4. The van der Waals surface area contributed by atoms with Gasteiger partial charge in [0.25, 0.3) is 0 Å². The molecule has 6 heteroatoms. The van der Waals surface area contributed by atoms with E-state index in [1.807, 2.05) is 65.5 Å². The average Bonchev–Trinajstić information content (AvgIpc) is 3.30. The Kier molecular flexibility index (Phi) is 4.66. The van der Waals surface area contributed by atoms with E-state index in [-0.39, 0.29) is 0 Å². The van der Waals surface area contributed by atoms with Gasteiger partial charge >= 0.3 is 16.6 Å². The fraction of sp³-hybridized carbons (Fsp3) is 0.0526. The Morgan fingerprint density at radius 3 is 2.40 bits per heavy atom. The molecule has 2 aromatic heterocycles. The van der Waals surface area contributed by atoms with E-state index in [2.05, 4.69) is 38.8 Å². The highest BCUT2D eigenvalue weighted by molar-refractivity contribution is 7.17. The highest BCUT2D eigenvalue weighted by Crippen LogP contribution is 2.34. The Balaban J connectivity index is 1.65. The minimum Gasteiger partial charge on any atom is -0.638 e. The van der Waals surface area contributed by atoms with Crippen molar-refractivity contribution in [2.24, 2.45) is 0 Å². The van der Waals surface area contributed by atoms with E-state index in [4.69, 9.17) is 3.79 Å². The van der Waals surface area contributed by atoms with Crippen LogP contribution in [-0.4, -0.2) is 31.4 Å². The summed E-state index contributed by atoms with van der Waals surface area (Å²) in [6, 6.07) is 22.4. The summed E-state index contributed by atoms with van der Waals surface area (Å²) >= 11 is 3.83. The lowest BCUT2D eigenvalue weighted by atomic mass is 10.1. The summed E-state index contributed by atoms with van der Waals surface area (Å²) in [4.78, 5) is 4.58. The number of thiazole rings is 1. The van der Waals surface area contributed by atoms with E-state index in [1.165, 1.54) is 5.56 Å². The SMILES string of the molecule is [Al][O]c1nc(-c2ccccc2)sc1-n1ccc(Cc2ccccc2)n1. The molecule has 0 saturated heterocycles. The molecule has 25 heavy (non-hydrogen) atoms. The van der Waals surface area contributed by atoms with Crippen LogP contribution in [0.2, 0.25) is 0 Å². The highest BCUT2D eigenvalue weighted by atomic mass is 32.1. The third-order valence-electron chi connectivity index (χ3n) is 3.79. The van der Waals surface area contributed by atoms with Crippen molar-refractivity contribution in [1.29, 1.82) is 0 Å². The van der Waals surface area contributed by atoms with E-state index >= 15 is 0 Å². The van der Waals surface area contributed by atoms with Gasteiger partial charge in [0.2, 0.25) is 5.88 Å². The average molecular weight is 359 g/mol. The van der Waals surface area contributed by atoms with Gasteiger partial charge in [0, 0.05) is 18.2 Å². The van der Waals surface area contributed by atoms with Crippen LogP contribution in [0.15, 0.2) is 72.9 Å². The van der Waals surface area contributed by atoms with Gasteiger partial charge in [0.1, 0.15) is 5.01 Å². The topological polar surface area (TPSA) is 39.9 Å². The van der Waals surface area contributed by atoms with Crippen LogP contribution in [-0.2, 0) is 6.42 Å². The van der Waals surface area contributed by atoms with Gasteiger partial charge in [0.15, 0.2) is 5.00 Å². The second kappa shape index (κ2) is 7.24. The predicted molar refractivity (Wildman–Crippen MR) is 100 cm³/mol. The standard InChI is InChI=1S/C19H15N3OS.Al/c23-17-19(24-18(20-17)15-9-5-2-6-10-15)22-12-11-16(21-22)13-14-7-3-1-4-8-14;/h1-12,23H,13H2;/q;+1/p-1. The molecule has 0 amide bonds. The van der Waals surface area contributed by atoms with Crippen LogP contribution < -0.4 is 3.79 Å². The molecule has 4 rings (SSSR count). The molecule has 2 heterocycles. The monoisotopic (exact) mass is 359 g/mol. The van der Waals surface area contributed by atoms with Crippen molar-refractivity contribution in [2.75, 3.05) is 0 Å². The lowest BCUT2D eigenvalue weighted by Crippen LogP contribution is -1.98. The maximum atomic E-state index is 5.38. The second-order valence-corrected chi connectivity index (χ2v) is 6.74. The van der Waals surface area contributed by atoms with Crippen molar-refractivity contribution in [1.82, 2.24) is 14.8 Å². The molecule has 0 bridgehead atoms. The number of rotatable bonds is 5. The molecule has 0 atom stereocenters. The molecule has 4 nitrogen and oxygen atoms in total. The third-order valence-corrected chi connectivity index (χ3v) is 5.09. The zero-order valence-corrected chi connectivity index (χ0v) is 15.3. The van der Waals surface area contributed by atoms with Crippen molar-refractivity contribution in [3.8, 4) is 21.5 Å². The summed E-state index contributed by atoms with van der Waals surface area (Å²) in [5.41, 5.74) is 3.32. The summed E-state index contributed by atoms with van der Waals surface area (Å²) in [6.07, 6.45) is 2.75. The Hall–Kier alpha value is -2.39. The quantitative estimate of drug-likeness (QED) is 0.505. The first-order chi connectivity index (χ1) is 12.3. The van der Waals surface area contributed by atoms with Crippen molar-refractivity contribution in [3.05, 3.63) is 84.2 Å². The zero-order chi connectivity index (χ0) is 17.1. The molecule has 0 N–H and O–H groups in total. The van der Waals surface area contributed by atoms with Gasteiger partial charge < -0.3 is 3.79 Å². The van der Waals surface area contributed by atoms with Crippen LogP contribution in [0.4, 0.5) is 0 Å². The summed E-state index contributed by atoms with van der Waals surface area (Å²) < 4.78 is 7.22. The molecule has 0 saturated carbocycles. The molecule has 120 valence electrons. The fourth-order valence-electron chi connectivity index (χ4n) is 2.60. The maximum Gasteiger partial charge on any atom is 0.483 e. The lowest BCUT2D eigenvalue weighted by Gasteiger charge is -2.02. The first kappa shape index (κ1) is 16.1. The molecule has 2 aromatic carbocycles. The van der Waals surface area contributed by atoms with Gasteiger partial charge in [-0.1, -0.05) is 72.0 Å². The van der Waals surface area contributed by atoms with Crippen LogP contribution in [0.5, 0.6) is 5.88 Å². The first-order valence-electron chi connectivity index (χ1n) is 7.85. The summed E-state index contributed by atoms with van der Waals surface area (Å²) in [7, 11) is 0. The summed E-state index contributed by atoms with van der Waals surface area (Å²) in [5, 5.41) is 6.47. The second-order valence-electron chi connectivity index (χ2n) is 5.53.